The largest absolute Gasteiger partial charge is 0.389 e. The minimum absolute atomic E-state index is 0.0478. The molecule has 1 aliphatic carbocycles. The summed E-state index contributed by atoms with van der Waals surface area (Å²) in [5.41, 5.74) is 9.07. The molecule has 2 aliphatic rings. The number of carbonyl (C=O) groups is 1. The van der Waals surface area contributed by atoms with Crippen LogP contribution in [0.15, 0.2) is 53.6 Å². The Kier molecular flexibility index (Phi) is 6.49. The van der Waals surface area contributed by atoms with Crippen LogP contribution in [0.3, 0.4) is 0 Å². The van der Waals surface area contributed by atoms with Gasteiger partial charge in [0.05, 0.1) is 30.4 Å². The number of allylic oxidation sites excluding steroid dienone is 2. The predicted molar refractivity (Wildman–Crippen MR) is 130 cm³/mol. The number of nitrogens with two attached hydrogens (primary N) is 1. The highest BCUT2D eigenvalue weighted by Crippen LogP contribution is 2.35. The minimum atomic E-state index is -0.908. The third-order valence-corrected chi connectivity index (χ3v) is 5.98. The van der Waals surface area contributed by atoms with Crippen LogP contribution in [-0.4, -0.2) is 50.0 Å². The van der Waals surface area contributed by atoms with Gasteiger partial charge >= 0.3 is 0 Å². The standard InChI is InChI=1S/C25H32N6O2/c1-4-30(13-17-9-11-18(12-10-17)27-16-32)14-21-29-22-23(31(21)15-25(2,3)33)19-7-5-6-8-20(19)28-24(22)26/h5-12,16,19-20,33H,4,13-15H2,1-3H3,(H2,26,28)(H,27,32). The van der Waals surface area contributed by atoms with Crippen molar-refractivity contribution < 1.29 is 9.90 Å². The van der Waals surface area contributed by atoms with Crippen molar-refractivity contribution in [2.24, 2.45) is 10.7 Å². The fourth-order valence-electron chi connectivity index (χ4n) is 4.43. The monoisotopic (exact) mass is 448 g/mol. The zero-order chi connectivity index (χ0) is 23.6. The number of anilines is 1. The number of imidazole rings is 1. The van der Waals surface area contributed by atoms with Gasteiger partial charge in [-0.05, 0) is 38.1 Å². The van der Waals surface area contributed by atoms with Crippen LogP contribution in [0.4, 0.5) is 5.69 Å². The summed E-state index contributed by atoms with van der Waals surface area (Å²) in [6.07, 6.45) is 8.90. The number of aliphatic hydroxyl groups is 1. The van der Waals surface area contributed by atoms with E-state index >= 15 is 0 Å². The maximum absolute atomic E-state index is 10.7. The van der Waals surface area contributed by atoms with Crippen LogP contribution >= 0.6 is 0 Å². The van der Waals surface area contributed by atoms with Crippen LogP contribution in [0.5, 0.6) is 0 Å². The number of fused-ring (bicyclic) bond motifs is 3. The first-order chi connectivity index (χ1) is 15.8. The van der Waals surface area contributed by atoms with Crippen LogP contribution in [0.25, 0.3) is 0 Å². The number of hydrogen-bond acceptors (Lipinski definition) is 6. The number of carbonyl (C=O) groups excluding carboxylic acids is 1. The summed E-state index contributed by atoms with van der Waals surface area (Å²) >= 11 is 0. The fraction of sp³-hybridized carbons (Fsp3) is 0.400. The molecule has 174 valence electrons. The molecule has 1 aromatic carbocycles. The van der Waals surface area contributed by atoms with E-state index in [1.807, 2.05) is 50.3 Å². The molecule has 0 fully saturated rings. The van der Waals surface area contributed by atoms with Gasteiger partial charge in [-0.3, -0.25) is 14.7 Å². The van der Waals surface area contributed by atoms with Crippen molar-refractivity contribution in [3.63, 3.8) is 0 Å². The number of rotatable bonds is 9. The molecule has 4 rings (SSSR count). The first-order valence-corrected chi connectivity index (χ1v) is 11.3. The lowest BCUT2D eigenvalue weighted by atomic mass is 9.88. The van der Waals surface area contributed by atoms with Gasteiger partial charge in [-0.1, -0.05) is 43.4 Å². The molecule has 0 saturated heterocycles. The zero-order valence-corrected chi connectivity index (χ0v) is 19.4. The molecule has 2 aromatic rings. The van der Waals surface area contributed by atoms with Gasteiger partial charge in [-0.25, -0.2) is 4.98 Å². The van der Waals surface area contributed by atoms with Crippen LogP contribution < -0.4 is 11.1 Å². The third kappa shape index (κ3) is 5.07. The van der Waals surface area contributed by atoms with Gasteiger partial charge in [0, 0.05) is 18.2 Å². The van der Waals surface area contributed by atoms with E-state index in [4.69, 9.17) is 10.7 Å². The number of aromatic nitrogens is 2. The van der Waals surface area contributed by atoms with E-state index < -0.39 is 5.60 Å². The van der Waals surface area contributed by atoms with E-state index in [1.165, 1.54) is 0 Å². The molecular weight excluding hydrogens is 416 g/mol. The van der Waals surface area contributed by atoms with Crippen molar-refractivity contribution in [3.8, 4) is 0 Å². The van der Waals surface area contributed by atoms with Crippen molar-refractivity contribution in [1.82, 2.24) is 14.5 Å². The summed E-state index contributed by atoms with van der Waals surface area (Å²) in [4.78, 5) is 22.5. The molecule has 2 unspecified atom stereocenters. The van der Waals surface area contributed by atoms with Crippen molar-refractivity contribution in [2.75, 3.05) is 11.9 Å². The average Bonchev–Trinajstić information content (AvgIpc) is 3.12. The van der Waals surface area contributed by atoms with Gasteiger partial charge in [0.25, 0.3) is 0 Å². The molecule has 8 heteroatoms. The van der Waals surface area contributed by atoms with E-state index in [1.54, 1.807) is 0 Å². The molecule has 8 nitrogen and oxygen atoms in total. The van der Waals surface area contributed by atoms with Crippen LogP contribution in [0.2, 0.25) is 0 Å². The Morgan fingerprint density at radius 2 is 1.94 bits per heavy atom. The zero-order valence-electron chi connectivity index (χ0n) is 19.4. The number of amidine groups is 1. The number of amides is 1. The molecule has 33 heavy (non-hydrogen) atoms. The summed E-state index contributed by atoms with van der Waals surface area (Å²) < 4.78 is 2.14. The quantitative estimate of drug-likeness (QED) is 0.511. The summed E-state index contributed by atoms with van der Waals surface area (Å²) in [5.74, 6) is 1.36. The molecule has 1 aliphatic heterocycles. The summed E-state index contributed by atoms with van der Waals surface area (Å²) in [6, 6.07) is 7.76. The van der Waals surface area contributed by atoms with Crippen molar-refractivity contribution >= 4 is 17.9 Å². The van der Waals surface area contributed by atoms with Gasteiger partial charge in [-0.2, -0.15) is 0 Å². The highest BCUT2D eigenvalue weighted by atomic mass is 16.3. The topological polar surface area (TPSA) is 109 Å². The number of hydrogen-bond donors (Lipinski definition) is 3. The average molecular weight is 449 g/mol. The van der Waals surface area contributed by atoms with E-state index in [0.717, 1.165) is 41.6 Å². The fourth-order valence-corrected chi connectivity index (χ4v) is 4.43. The Hall–Kier alpha value is -3.23. The van der Waals surface area contributed by atoms with Gasteiger partial charge in [0.2, 0.25) is 6.41 Å². The second-order valence-electron chi connectivity index (χ2n) is 9.22. The molecular formula is C25H32N6O2. The SMILES string of the molecule is CCN(Cc1ccc(NC=O)cc1)Cc1nc2c(n1CC(C)(C)O)C1C=CC=CC1N=C2N. The summed E-state index contributed by atoms with van der Waals surface area (Å²) in [6.45, 7) is 8.32. The van der Waals surface area contributed by atoms with Gasteiger partial charge in [0.1, 0.15) is 17.4 Å². The highest BCUT2D eigenvalue weighted by molar-refractivity contribution is 5.98. The van der Waals surface area contributed by atoms with Gasteiger partial charge in [-0.15, -0.1) is 0 Å². The van der Waals surface area contributed by atoms with Crippen molar-refractivity contribution in [2.45, 2.75) is 58.0 Å². The lowest BCUT2D eigenvalue weighted by Gasteiger charge is -2.30. The molecule has 0 spiro atoms. The predicted octanol–water partition coefficient (Wildman–Crippen LogP) is 2.54. The second-order valence-corrected chi connectivity index (χ2v) is 9.22. The van der Waals surface area contributed by atoms with E-state index in [-0.39, 0.29) is 12.0 Å². The Labute approximate surface area is 194 Å². The molecule has 0 radical (unpaired) electrons. The Morgan fingerprint density at radius 3 is 2.61 bits per heavy atom. The van der Waals surface area contributed by atoms with Crippen LogP contribution in [0, 0.1) is 0 Å². The maximum Gasteiger partial charge on any atom is 0.211 e. The van der Waals surface area contributed by atoms with E-state index in [0.29, 0.717) is 25.3 Å². The number of benzene rings is 1. The maximum atomic E-state index is 10.7. The van der Waals surface area contributed by atoms with Gasteiger partial charge < -0.3 is 20.7 Å². The number of nitrogens with zero attached hydrogens (tertiary/aromatic N) is 4. The van der Waals surface area contributed by atoms with Crippen LogP contribution in [0.1, 0.15) is 49.5 Å². The molecule has 1 aromatic heterocycles. The normalized spacial score (nSPS) is 19.2. The van der Waals surface area contributed by atoms with E-state index in [2.05, 4.69) is 38.9 Å². The molecule has 0 bridgehead atoms. The summed E-state index contributed by atoms with van der Waals surface area (Å²) in [5, 5.41) is 13.3. The van der Waals surface area contributed by atoms with Crippen molar-refractivity contribution in [3.05, 3.63) is 71.3 Å². The van der Waals surface area contributed by atoms with Crippen LogP contribution in [-0.2, 0) is 24.4 Å². The smallest absolute Gasteiger partial charge is 0.211 e. The van der Waals surface area contributed by atoms with Gasteiger partial charge in [0.15, 0.2) is 0 Å². The number of aliphatic imine (C=N–C) groups is 1. The molecule has 0 saturated carbocycles. The lowest BCUT2D eigenvalue weighted by Crippen LogP contribution is -2.34. The Bertz CT molecular complexity index is 1090. The highest BCUT2D eigenvalue weighted by Gasteiger charge is 2.35. The van der Waals surface area contributed by atoms with E-state index in [9.17, 15) is 9.90 Å². The first kappa shape index (κ1) is 22.9. The third-order valence-electron chi connectivity index (χ3n) is 5.98. The molecule has 4 N–H and O–H groups in total. The second kappa shape index (κ2) is 9.33. The first-order valence-electron chi connectivity index (χ1n) is 11.3. The molecule has 1 amide bonds. The molecule has 2 heterocycles. The lowest BCUT2D eigenvalue weighted by molar-refractivity contribution is -0.105. The Morgan fingerprint density at radius 1 is 1.21 bits per heavy atom. The Balaban J connectivity index is 1.65. The summed E-state index contributed by atoms with van der Waals surface area (Å²) in [7, 11) is 0. The van der Waals surface area contributed by atoms with Crippen molar-refractivity contribution in [1.29, 1.82) is 0 Å². The number of nitrogens with one attached hydrogen (secondary N) is 1. The minimum Gasteiger partial charge on any atom is -0.389 e. The molecule has 2 atom stereocenters.